The van der Waals surface area contributed by atoms with E-state index in [2.05, 4.69) is 19.9 Å². The predicted molar refractivity (Wildman–Crippen MR) is 90.4 cm³/mol. The summed E-state index contributed by atoms with van der Waals surface area (Å²) in [6.45, 7) is -2.55. The van der Waals surface area contributed by atoms with E-state index >= 15 is 0 Å². The zero-order chi connectivity index (χ0) is 20.1. The molecule has 28 heavy (non-hydrogen) atoms. The molecule has 0 amide bonds. The van der Waals surface area contributed by atoms with Crippen LogP contribution in [0, 0.1) is 0 Å². The zero-order valence-corrected chi connectivity index (χ0v) is 14.2. The van der Waals surface area contributed by atoms with E-state index in [0.29, 0.717) is 5.56 Å². The third-order valence-electron chi connectivity index (χ3n) is 3.49. The van der Waals surface area contributed by atoms with Crippen LogP contribution in [0.4, 0.5) is 17.6 Å². The number of benzene rings is 1. The Morgan fingerprint density at radius 3 is 2.50 bits per heavy atom. The average Bonchev–Trinajstić information content (AvgIpc) is 3.19. The van der Waals surface area contributed by atoms with Crippen LogP contribution in [0.1, 0.15) is 0 Å². The molecule has 0 radical (unpaired) electrons. The number of ether oxygens (including phenoxy) is 2. The van der Waals surface area contributed by atoms with Crippen LogP contribution >= 0.6 is 0 Å². The summed E-state index contributed by atoms with van der Waals surface area (Å²) in [4.78, 5) is 16.8. The van der Waals surface area contributed by atoms with Crippen molar-refractivity contribution in [3.8, 4) is 28.7 Å². The van der Waals surface area contributed by atoms with E-state index in [4.69, 9.17) is 4.74 Å². The molecular weight excluding hydrogens is 384 g/mol. The Morgan fingerprint density at radius 2 is 1.89 bits per heavy atom. The second-order valence-corrected chi connectivity index (χ2v) is 5.52. The van der Waals surface area contributed by atoms with Gasteiger partial charge in [0.2, 0.25) is 0 Å². The number of hydrogen-bond donors (Lipinski definition) is 1. The molecule has 11 heteroatoms. The van der Waals surface area contributed by atoms with Crippen LogP contribution in [0.25, 0.3) is 16.9 Å². The Balaban J connectivity index is 1.94. The molecule has 0 saturated carbocycles. The quantitative estimate of drug-likeness (QED) is 0.619. The topological polar surface area (TPSA) is 82.0 Å². The summed E-state index contributed by atoms with van der Waals surface area (Å²) in [6.07, 6.45) is -1.48. The first kappa shape index (κ1) is 19.4. The van der Waals surface area contributed by atoms with E-state index in [1.54, 1.807) is 0 Å². The second kappa shape index (κ2) is 8.11. The Hall–Kier alpha value is -3.37. The van der Waals surface area contributed by atoms with E-state index in [1.165, 1.54) is 42.7 Å². The van der Waals surface area contributed by atoms with Gasteiger partial charge >= 0.3 is 12.2 Å². The SMILES string of the molecule is O=c1cc(-c2cn[nH]c2)nc(OCCF)n1-c1ccc(OCC(F)(F)F)cc1. The van der Waals surface area contributed by atoms with Gasteiger partial charge in [-0.25, -0.2) is 8.96 Å². The Labute approximate surface area is 155 Å². The van der Waals surface area contributed by atoms with Crippen LogP contribution in [-0.2, 0) is 0 Å². The molecule has 0 aliphatic rings. The van der Waals surface area contributed by atoms with Gasteiger partial charge in [-0.05, 0) is 24.3 Å². The van der Waals surface area contributed by atoms with Gasteiger partial charge in [0.05, 0.1) is 17.6 Å². The molecule has 7 nitrogen and oxygen atoms in total. The summed E-state index contributed by atoms with van der Waals surface area (Å²) in [6, 6.07) is 6.36. The third-order valence-corrected chi connectivity index (χ3v) is 3.49. The van der Waals surface area contributed by atoms with Crippen molar-refractivity contribution < 1.29 is 27.0 Å². The van der Waals surface area contributed by atoms with Gasteiger partial charge in [-0.3, -0.25) is 9.89 Å². The van der Waals surface area contributed by atoms with Crippen molar-refractivity contribution in [2.75, 3.05) is 19.9 Å². The van der Waals surface area contributed by atoms with Crippen molar-refractivity contribution in [2.24, 2.45) is 0 Å². The molecule has 0 atom stereocenters. The fourth-order valence-electron chi connectivity index (χ4n) is 2.32. The normalized spacial score (nSPS) is 11.4. The standard InChI is InChI=1S/C17H14F4N4O3/c18-5-6-27-16-24-14(11-8-22-23-9-11)7-15(26)25(16)12-1-3-13(4-2-12)28-10-17(19,20)21/h1-4,7-9H,5-6,10H2,(H,22,23). The van der Waals surface area contributed by atoms with Crippen molar-refractivity contribution in [2.45, 2.75) is 6.18 Å². The van der Waals surface area contributed by atoms with Gasteiger partial charge in [0.25, 0.3) is 5.56 Å². The van der Waals surface area contributed by atoms with E-state index in [1.807, 2.05) is 0 Å². The van der Waals surface area contributed by atoms with Crippen molar-refractivity contribution in [3.63, 3.8) is 0 Å². The first-order chi connectivity index (χ1) is 13.4. The molecule has 2 aromatic heterocycles. The number of hydrogen-bond acceptors (Lipinski definition) is 5. The molecule has 0 saturated heterocycles. The molecule has 0 spiro atoms. The number of H-pyrrole nitrogens is 1. The molecule has 3 rings (SSSR count). The molecule has 1 aromatic carbocycles. The molecule has 0 bridgehead atoms. The smallest absolute Gasteiger partial charge is 0.422 e. The van der Waals surface area contributed by atoms with Gasteiger partial charge < -0.3 is 9.47 Å². The molecule has 148 valence electrons. The number of aromatic nitrogens is 4. The average molecular weight is 398 g/mol. The highest BCUT2D eigenvalue weighted by molar-refractivity contribution is 5.57. The number of rotatable bonds is 7. The first-order valence-electron chi connectivity index (χ1n) is 7.99. The van der Waals surface area contributed by atoms with E-state index < -0.39 is 25.0 Å². The highest BCUT2D eigenvalue weighted by Crippen LogP contribution is 2.23. The highest BCUT2D eigenvalue weighted by Gasteiger charge is 2.28. The molecule has 0 aliphatic heterocycles. The molecule has 2 heterocycles. The summed E-state index contributed by atoms with van der Waals surface area (Å²) in [5, 5.41) is 6.37. The first-order valence-corrected chi connectivity index (χ1v) is 7.99. The largest absolute Gasteiger partial charge is 0.484 e. The minimum atomic E-state index is -4.46. The van der Waals surface area contributed by atoms with Gasteiger partial charge in [0.1, 0.15) is 19.0 Å². The van der Waals surface area contributed by atoms with Crippen LogP contribution in [0.5, 0.6) is 11.8 Å². The lowest BCUT2D eigenvalue weighted by Gasteiger charge is -2.14. The maximum absolute atomic E-state index is 12.6. The van der Waals surface area contributed by atoms with Crippen molar-refractivity contribution >= 4 is 0 Å². The minimum absolute atomic E-state index is 0.0247. The lowest BCUT2D eigenvalue weighted by molar-refractivity contribution is -0.153. The number of alkyl halides is 4. The van der Waals surface area contributed by atoms with Gasteiger partial charge in [0.15, 0.2) is 6.61 Å². The maximum Gasteiger partial charge on any atom is 0.422 e. The molecule has 0 fully saturated rings. The van der Waals surface area contributed by atoms with Crippen LogP contribution in [-0.4, -0.2) is 45.8 Å². The monoisotopic (exact) mass is 398 g/mol. The summed E-state index contributed by atoms with van der Waals surface area (Å²) < 4.78 is 60.2. The molecule has 0 aliphatic carbocycles. The number of aromatic amines is 1. The lowest BCUT2D eigenvalue weighted by Crippen LogP contribution is -2.22. The molecule has 3 aromatic rings. The summed E-state index contributed by atoms with van der Waals surface area (Å²) in [5.74, 6) is -0.0247. The lowest BCUT2D eigenvalue weighted by atomic mass is 10.2. The number of nitrogens with one attached hydrogen (secondary N) is 1. The zero-order valence-electron chi connectivity index (χ0n) is 14.2. The van der Waals surface area contributed by atoms with Crippen molar-refractivity contribution in [1.82, 2.24) is 19.7 Å². The molecule has 1 N–H and O–H groups in total. The molecular formula is C17H14F4N4O3. The van der Waals surface area contributed by atoms with E-state index in [0.717, 1.165) is 4.57 Å². The van der Waals surface area contributed by atoms with Crippen molar-refractivity contribution in [3.05, 3.63) is 53.1 Å². The minimum Gasteiger partial charge on any atom is -0.484 e. The number of halogens is 4. The van der Waals surface area contributed by atoms with Gasteiger partial charge in [-0.15, -0.1) is 0 Å². The van der Waals surface area contributed by atoms with Crippen LogP contribution in [0.15, 0.2) is 47.5 Å². The maximum atomic E-state index is 12.6. The molecule has 0 unspecified atom stereocenters. The van der Waals surface area contributed by atoms with Crippen LogP contribution in [0.2, 0.25) is 0 Å². The van der Waals surface area contributed by atoms with E-state index in [-0.39, 0.29) is 29.7 Å². The van der Waals surface area contributed by atoms with Crippen LogP contribution in [0.3, 0.4) is 0 Å². The third kappa shape index (κ3) is 4.67. The fraction of sp³-hybridized carbons (Fsp3) is 0.235. The second-order valence-electron chi connectivity index (χ2n) is 5.52. The fourth-order valence-corrected chi connectivity index (χ4v) is 2.32. The summed E-state index contributed by atoms with van der Waals surface area (Å²) in [7, 11) is 0. The number of nitrogens with zero attached hydrogens (tertiary/aromatic N) is 3. The van der Waals surface area contributed by atoms with Crippen molar-refractivity contribution in [1.29, 1.82) is 0 Å². The summed E-state index contributed by atoms with van der Waals surface area (Å²) in [5.41, 5.74) is 0.549. The summed E-state index contributed by atoms with van der Waals surface area (Å²) >= 11 is 0. The van der Waals surface area contributed by atoms with Gasteiger partial charge in [-0.2, -0.15) is 23.3 Å². The van der Waals surface area contributed by atoms with E-state index in [9.17, 15) is 22.4 Å². The van der Waals surface area contributed by atoms with Gasteiger partial charge in [-0.1, -0.05) is 0 Å². The highest BCUT2D eigenvalue weighted by atomic mass is 19.4. The van der Waals surface area contributed by atoms with Crippen LogP contribution < -0.4 is 15.0 Å². The predicted octanol–water partition coefficient (Wildman–Crippen LogP) is 2.91. The Kier molecular flexibility index (Phi) is 5.62. The Morgan fingerprint density at radius 1 is 1.14 bits per heavy atom. The Bertz CT molecular complexity index is 970. The van der Waals surface area contributed by atoms with Gasteiger partial charge in [0, 0.05) is 17.8 Å².